The van der Waals surface area contributed by atoms with E-state index in [4.69, 9.17) is 9.97 Å². The Morgan fingerprint density at radius 3 is 1.39 bits per heavy atom. The Bertz CT molecular complexity index is 1600. The van der Waals surface area contributed by atoms with Crippen LogP contribution in [0.2, 0.25) is 0 Å². The molecule has 0 amide bonds. The summed E-state index contributed by atoms with van der Waals surface area (Å²) < 4.78 is 3.32. The van der Waals surface area contributed by atoms with Crippen molar-refractivity contribution < 1.29 is 0 Å². The van der Waals surface area contributed by atoms with Gasteiger partial charge in [-0.3, -0.25) is 18.7 Å². The Morgan fingerprint density at radius 2 is 1.03 bits per heavy atom. The summed E-state index contributed by atoms with van der Waals surface area (Å²) in [6, 6.07) is 19.0. The Balaban J connectivity index is 1.69. The van der Waals surface area contributed by atoms with Crippen LogP contribution in [0, 0.1) is 13.8 Å². The van der Waals surface area contributed by atoms with Crippen molar-refractivity contribution in [3.63, 3.8) is 0 Å². The van der Waals surface area contributed by atoms with Crippen molar-refractivity contribution in [1.29, 1.82) is 0 Å². The minimum absolute atomic E-state index is 0.102. The number of benzene rings is 3. The molecule has 0 N–H and O–H groups in total. The first-order valence-electron chi connectivity index (χ1n) is 11.8. The Morgan fingerprint density at radius 1 is 0.639 bits per heavy atom. The van der Waals surface area contributed by atoms with E-state index in [0.717, 1.165) is 22.6 Å². The van der Waals surface area contributed by atoms with Crippen LogP contribution < -0.4 is 11.1 Å². The highest BCUT2D eigenvalue weighted by Gasteiger charge is 2.16. The van der Waals surface area contributed by atoms with Gasteiger partial charge >= 0.3 is 0 Å². The number of hydrogen-bond donors (Lipinski definition) is 0. The zero-order valence-corrected chi connectivity index (χ0v) is 22.2. The van der Waals surface area contributed by atoms with Crippen LogP contribution in [0.25, 0.3) is 33.2 Å². The monoisotopic (exact) mass is 514 g/mol. The van der Waals surface area contributed by atoms with Crippen molar-refractivity contribution in [2.75, 3.05) is 11.5 Å². The van der Waals surface area contributed by atoms with Crippen molar-refractivity contribution in [3.05, 3.63) is 92.5 Å². The van der Waals surface area contributed by atoms with E-state index in [1.165, 1.54) is 23.5 Å². The summed E-state index contributed by atoms with van der Waals surface area (Å²) in [6.07, 6.45) is 0. The summed E-state index contributed by atoms with van der Waals surface area (Å²) >= 11 is 3.06. The van der Waals surface area contributed by atoms with Crippen LogP contribution in [-0.2, 0) is 0 Å². The average Bonchev–Trinajstić information content (AvgIpc) is 2.86. The number of nitrogens with zero attached hydrogens (tertiary/aromatic N) is 4. The van der Waals surface area contributed by atoms with Gasteiger partial charge in [-0.15, -0.1) is 0 Å². The van der Waals surface area contributed by atoms with E-state index in [0.29, 0.717) is 43.5 Å². The van der Waals surface area contributed by atoms with Gasteiger partial charge in [-0.1, -0.05) is 60.6 Å². The zero-order chi connectivity index (χ0) is 25.4. The van der Waals surface area contributed by atoms with Crippen molar-refractivity contribution >= 4 is 45.3 Å². The fourth-order valence-electron chi connectivity index (χ4n) is 4.22. The molecule has 0 fully saturated rings. The third-order valence-corrected chi connectivity index (χ3v) is 7.54. The molecule has 0 saturated carbocycles. The first-order valence-corrected chi connectivity index (χ1v) is 13.8. The van der Waals surface area contributed by atoms with Crippen molar-refractivity contribution in [2.24, 2.45) is 0 Å². The van der Waals surface area contributed by atoms with Crippen LogP contribution in [0.5, 0.6) is 0 Å². The Kier molecular flexibility index (Phi) is 6.73. The van der Waals surface area contributed by atoms with E-state index in [9.17, 15) is 9.59 Å². The normalized spacial score (nSPS) is 11.4. The molecule has 0 radical (unpaired) electrons. The lowest BCUT2D eigenvalue weighted by Crippen LogP contribution is -2.23. The maximum atomic E-state index is 13.5. The number of hydrogen-bond acceptors (Lipinski definition) is 6. The average molecular weight is 515 g/mol. The fourth-order valence-corrected chi connectivity index (χ4v) is 5.69. The summed E-state index contributed by atoms with van der Waals surface area (Å²) in [5, 5.41) is 2.47. The molecule has 0 bridgehead atoms. The highest BCUT2D eigenvalue weighted by molar-refractivity contribution is 7.99. The molecule has 0 atom stereocenters. The third-order valence-electron chi connectivity index (χ3n) is 5.90. The number of fused-ring (bicyclic) bond motifs is 2. The molecule has 0 aliphatic carbocycles. The van der Waals surface area contributed by atoms with Gasteiger partial charge in [0.05, 0.1) is 33.2 Å². The molecule has 3 aromatic carbocycles. The van der Waals surface area contributed by atoms with E-state index in [1.807, 2.05) is 88.4 Å². The molecule has 2 heterocycles. The highest BCUT2D eigenvalue weighted by Crippen LogP contribution is 2.25. The lowest BCUT2D eigenvalue weighted by Gasteiger charge is -2.15. The molecular weight excluding hydrogens is 488 g/mol. The van der Waals surface area contributed by atoms with E-state index < -0.39 is 0 Å². The molecule has 5 aromatic rings. The minimum atomic E-state index is -0.102. The van der Waals surface area contributed by atoms with Gasteiger partial charge in [0.15, 0.2) is 10.3 Å². The molecule has 0 unspecified atom stereocenters. The van der Waals surface area contributed by atoms with Crippen LogP contribution in [0.3, 0.4) is 0 Å². The molecular formula is C28H26N4O2S2. The van der Waals surface area contributed by atoms with Gasteiger partial charge in [0.2, 0.25) is 0 Å². The van der Waals surface area contributed by atoms with Gasteiger partial charge in [0.1, 0.15) is 0 Å². The maximum Gasteiger partial charge on any atom is 0.266 e. The van der Waals surface area contributed by atoms with Crippen LogP contribution >= 0.6 is 23.5 Å². The summed E-state index contributed by atoms with van der Waals surface area (Å²) in [5.41, 5.74) is 4.62. The molecule has 8 heteroatoms. The number of thioether (sulfide) groups is 2. The van der Waals surface area contributed by atoms with Gasteiger partial charge in [-0.05, 0) is 73.9 Å². The summed E-state index contributed by atoms with van der Waals surface area (Å²) in [6.45, 7) is 8.01. The molecule has 0 spiro atoms. The van der Waals surface area contributed by atoms with Gasteiger partial charge in [0.25, 0.3) is 11.1 Å². The van der Waals surface area contributed by atoms with Crippen LogP contribution in [0.4, 0.5) is 0 Å². The molecule has 0 aliphatic heterocycles. The molecule has 2 aromatic heterocycles. The van der Waals surface area contributed by atoms with E-state index in [2.05, 4.69) is 0 Å². The topological polar surface area (TPSA) is 69.8 Å². The molecule has 36 heavy (non-hydrogen) atoms. The van der Waals surface area contributed by atoms with Gasteiger partial charge in [-0.2, -0.15) is 0 Å². The number of rotatable bonds is 6. The quantitative estimate of drug-likeness (QED) is 0.207. The predicted octanol–water partition coefficient (Wildman–Crippen LogP) is 5.93. The lowest BCUT2D eigenvalue weighted by molar-refractivity contribution is 0.808. The van der Waals surface area contributed by atoms with Crippen molar-refractivity contribution in [2.45, 2.75) is 38.0 Å². The fraction of sp³-hybridized carbons (Fsp3) is 0.214. The summed E-state index contributed by atoms with van der Waals surface area (Å²) in [5.74, 6) is 1.58. The van der Waals surface area contributed by atoms with Crippen molar-refractivity contribution in [1.82, 2.24) is 19.1 Å². The zero-order valence-electron chi connectivity index (χ0n) is 20.6. The van der Waals surface area contributed by atoms with Crippen LogP contribution in [-0.4, -0.2) is 30.6 Å². The molecule has 0 saturated heterocycles. The van der Waals surface area contributed by atoms with E-state index in [-0.39, 0.29) is 11.1 Å². The third kappa shape index (κ3) is 4.35. The second-order valence-electron chi connectivity index (χ2n) is 8.49. The minimum Gasteiger partial charge on any atom is -0.268 e. The first kappa shape index (κ1) is 24.3. The van der Waals surface area contributed by atoms with Crippen LogP contribution in [0.1, 0.15) is 25.0 Å². The van der Waals surface area contributed by atoms with Gasteiger partial charge in [-0.25, -0.2) is 9.97 Å². The highest BCUT2D eigenvalue weighted by atomic mass is 32.2. The van der Waals surface area contributed by atoms with E-state index in [1.54, 1.807) is 9.13 Å². The molecule has 5 rings (SSSR count). The first-order chi connectivity index (χ1) is 17.4. The second kappa shape index (κ2) is 9.95. The molecule has 182 valence electrons. The SMILES string of the molecule is CCSc1nc2ccc(C)cc2c(=O)n1-c1ccc(-n2c(SCC)nc3ccc(C)cc3c2=O)cc1. The maximum absolute atomic E-state index is 13.5. The van der Waals surface area contributed by atoms with Gasteiger partial charge in [0, 0.05) is 0 Å². The lowest BCUT2D eigenvalue weighted by atomic mass is 10.1. The largest absolute Gasteiger partial charge is 0.268 e. The van der Waals surface area contributed by atoms with Crippen LogP contribution in [0.15, 0.2) is 80.6 Å². The Labute approximate surface area is 217 Å². The van der Waals surface area contributed by atoms with Gasteiger partial charge < -0.3 is 0 Å². The smallest absolute Gasteiger partial charge is 0.266 e. The standard InChI is InChI=1S/C28H26N4O2S2/c1-5-35-27-29-23-13-7-17(3)15-21(23)25(33)31(27)19-9-11-20(12-10-19)32-26(34)22-16-18(4)8-14-24(22)30-28(32)36-6-2/h7-16H,5-6H2,1-4H3. The Hall–Kier alpha value is -3.36. The summed E-state index contributed by atoms with van der Waals surface area (Å²) in [7, 11) is 0. The number of aryl methyl sites for hydroxylation is 2. The molecule has 0 aliphatic rings. The number of aromatic nitrogens is 4. The second-order valence-corrected chi connectivity index (χ2v) is 11.0. The summed E-state index contributed by atoms with van der Waals surface area (Å²) in [4.78, 5) is 36.6. The van der Waals surface area contributed by atoms with E-state index >= 15 is 0 Å². The van der Waals surface area contributed by atoms with Crippen molar-refractivity contribution in [3.8, 4) is 11.4 Å². The molecule has 6 nitrogen and oxygen atoms in total. The predicted molar refractivity (Wildman–Crippen MR) is 151 cm³/mol.